The molecule has 0 aromatic heterocycles. The molecule has 1 aliphatic carbocycles. The standard InChI is InChI=1S/C22H22O4/c1-3-26-22(24)21-19(15-8-5-4-6-9-15)13-17(14-20(21)23)16-10-7-11-18(12-16)25-2/h4-12,14,19,21H,3,13H2,1-2H3/t19-,21+/m0/s1. The van der Waals surface area contributed by atoms with Crippen LogP contribution in [0.2, 0.25) is 0 Å². The van der Waals surface area contributed by atoms with E-state index in [0.29, 0.717) is 6.42 Å². The number of rotatable bonds is 5. The molecule has 134 valence electrons. The molecule has 0 bridgehead atoms. The quantitative estimate of drug-likeness (QED) is 0.604. The number of benzene rings is 2. The molecule has 0 unspecified atom stereocenters. The minimum atomic E-state index is -0.799. The summed E-state index contributed by atoms with van der Waals surface area (Å²) < 4.78 is 10.5. The van der Waals surface area contributed by atoms with Crippen LogP contribution < -0.4 is 4.74 Å². The van der Waals surface area contributed by atoms with Gasteiger partial charge in [0.25, 0.3) is 0 Å². The van der Waals surface area contributed by atoms with Gasteiger partial charge in [-0.25, -0.2) is 0 Å². The van der Waals surface area contributed by atoms with Crippen molar-refractivity contribution in [2.75, 3.05) is 13.7 Å². The average molecular weight is 350 g/mol. The van der Waals surface area contributed by atoms with Gasteiger partial charge >= 0.3 is 5.97 Å². The van der Waals surface area contributed by atoms with Crippen LogP contribution in [-0.4, -0.2) is 25.5 Å². The largest absolute Gasteiger partial charge is 0.497 e. The highest BCUT2D eigenvalue weighted by molar-refractivity contribution is 6.10. The molecule has 3 rings (SSSR count). The van der Waals surface area contributed by atoms with Gasteiger partial charge in [0.2, 0.25) is 0 Å². The summed E-state index contributed by atoms with van der Waals surface area (Å²) >= 11 is 0. The van der Waals surface area contributed by atoms with Gasteiger partial charge in [0, 0.05) is 5.92 Å². The van der Waals surface area contributed by atoms with Crippen LogP contribution in [0.4, 0.5) is 0 Å². The Hall–Kier alpha value is -2.88. The van der Waals surface area contributed by atoms with Crippen molar-refractivity contribution in [2.45, 2.75) is 19.3 Å². The molecule has 26 heavy (non-hydrogen) atoms. The van der Waals surface area contributed by atoms with Gasteiger partial charge in [0.1, 0.15) is 11.7 Å². The Labute approximate surface area is 153 Å². The number of ketones is 1. The third-order valence-electron chi connectivity index (χ3n) is 4.67. The van der Waals surface area contributed by atoms with Crippen molar-refractivity contribution in [3.8, 4) is 5.75 Å². The minimum absolute atomic E-state index is 0.207. The van der Waals surface area contributed by atoms with E-state index >= 15 is 0 Å². The fraction of sp³-hybridized carbons (Fsp3) is 0.273. The van der Waals surface area contributed by atoms with Crippen LogP contribution in [0.25, 0.3) is 5.57 Å². The second kappa shape index (κ2) is 8.00. The van der Waals surface area contributed by atoms with Crippen LogP contribution in [-0.2, 0) is 14.3 Å². The number of hydrogen-bond donors (Lipinski definition) is 0. The van der Waals surface area contributed by atoms with E-state index in [-0.39, 0.29) is 18.3 Å². The SMILES string of the molecule is CCOC(=O)[C@H]1C(=O)C=C(c2cccc(OC)c2)C[C@H]1c1ccccc1. The first-order chi connectivity index (χ1) is 12.6. The summed E-state index contributed by atoms with van der Waals surface area (Å²) in [6.07, 6.45) is 2.17. The summed E-state index contributed by atoms with van der Waals surface area (Å²) in [4.78, 5) is 25.3. The summed E-state index contributed by atoms with van der Waals surface area (Å²) in [5.41, 5.74) is 2.80. The molecule has 0 radical (unpaired) electrons. The predicted octanol–water partition coefficient (Wildman–Crippen LogP) is 4.01. The lowest BCUT2D eigenvalue weighted by atomic mass is 9.73. The van der Waals surface area contributed by atoms with Crippen molar-refractivity contribution >= 4 is 17.3 Å². The van der Waals surface area contributed by atoms with E-state index in [1.54, 1.807) is 20.1 Å². The normalized spacial score (nSPS) is 19.6. The maximum atomic E-state index is 12.8. The van der Waals surface area contributed by atoms with Crippen molar-refractivity contribution in [3.63, 3.8) is 0 Å². The molecule has 0 saturated heterocycles. The maximum absolute atomic E-state index is 12.8. The second-order valence-electron chi connectivity index (χ2n) is 6.25. The highest BCUT2D eigenvalue weighted by Crippen LogP contribution is 2.40. The molecule has 0 amide bonds. The Bertz CT molecular complexity index is 823. The zero-order chi connectivity index (χ0) is 18.5. The van der Waals surface area contributed by atoms with Crippen molar-refractivity contribution in [3.05, 3.63) is 71.8 Å². The van der Waals surface area contributed by atoms with Crippen molar-refractivity contribution in [2.24, 2.45) is 5.92 Å². The number of hydrogen-bond acceptors (Lipinski definition) is 4. The molecule has 2 aromatic rings. The second-order valence-corrected chi connectivity index (χ2v) is 6.25. The topological polar surface area (TPSA) is 52.6 Å². The lowest BCUT2D eigenvalue weighted by molar-refractivity contribution is -0.151. The van der Waals surface area contributed by atoms with Gasteiger partial charge in [-0.3, -0.25) is 9.59 Å². The molecule has 0 fully saturated rings. The van der Waals surface area contributed by atoms with E-state index in [1.807, 2.05) is 54.6 Å². The predicted molar refractivity (Wildman–Crippen MR) is 99.9 cm³/mol. The van der Waals surface area contributed by atoms with E-state index in [9.17, 15) is 9.59 Å². The first-order valence-corrected chi connectivity index (χ1v) is 8.74. The Balaban J connectivity index is 2.01. The molecular formula is C22H22O4. The summed E-state index contributed by atoms with van der Waals surface area (Å²) in [5.74, 6) is -0.964. The van der Waals surface area contributed by atoms with Crippen molar-refractivity contribution in [1.82, 2.24) is 0 Å². The molecule has 2 atom stereocenters. The van der Waals surface area contributed by atoms with Crippen LogP contribution in [0.3, 0.4) is 0 Å². The van der Waals surface area contributed by atoms with E-state index in [1.165, 1.54) is 0 Å². The average Bonchev–Trinajstić information content (AvgIpc) is 2.68. The highest BCUT2D eigenvalue weighted by atomic mass is 16.5. The number of methoxy groups -OCH3 is 1. The molecule has 0 aliphatic heterocycles. The Morgan fingerprint density at radius 2 is 1.88 bits per heavy atom. The molecule has 1 aliphatic rings. The fourth-order valence-corrected chi connectivity index (χ4v) is 3.42. The summed E-state index contributed by atoms with van der Waals surface area (Å²) in [7, 11) is 1.61. The summed E-state index contributed by atoms with van der Waals surface area (Å²) in [6, 6.07) is 17.3. The van der Waals surface area contributed by atoms with Crippen LogP contribution in [0.15, 0.2) is 60.7 Å². The molecule has 0 spiro atoms. The van der Waals surface area contributed by atoms with Gasteiger partial charge in [0.15, 0.2) is 5.78 Å². The molecule has 4 heteroatoms. The smallest absolute Gasteiger partial charge is 0.317 e. The molecular weight excluding hydrogens is 328 g/mol. The fourth-order valence-electron chi connectivity index (χ4n) is 3.42. The molecule has 4 nitrogen and oxygen atoms in total. The lowest BCUT2D eigenvalue weighted by Gasteiger charge is -2.29. The van der Waals surface area contributed by atoms with Crippen molar-refractivity contribution in [1.29, 1.82) is 0 Å². The third kappa shape index (κ3) is 3.69. The van der Waals surface area contributed by atoms with Gasteiger partial charge in [-0.2, -0.15) is 0 Å². The van der Waals surface area contributed by atoms with Crippen LogP contribution in [0, 0.1) is 5.92 Å². The van der Waals surface area contributed by atoms with E-state index < -0.39 is 11.9 Å². The Kier molecular flexibility index (Phi) is 5.52. The maximum Gasteiger partial charge on any atom is 0.317 e. The van der Waals surface area contributed by atoms with E-state index in [0.717, 1.165) is 22.4 Å². The monoisotopic (exact) mass is 350 g/mol. The molecule has 0 N–H and O–H groups in total. The van der Waals surface area contributed by atoms with Crippen LogP contribution in [0.5, 0.6) is 5.75 Å². The Morgan fingerprint density at radius 3 is 2.58 bits per heavy atom. The number of carbonyl (C=O) groups is 2. The highest BCUT2D eigenvalue weighted by Gasteiger charge is 2.39. The molecule has 2 aromatic carbocycles. The summed E-state index contributed by atoms with van der Waals surface area (Å²) in [6.45, 7) is 2.01. The lowest BCUT2D eigenvalue weighted by Crippen LogP contribution is -2.34. The van der Waals surface area contributed by atoms with Crippen LogP contribution in [0.1, 0.15) is 30.4 Å². The number of carbonyl (C=O) groups excluding carboxylic acids is 2. The number of allylic oxidation sites excluding steroid dienone is 2. The minimum Gasteiger partial charge on any atom is -0.497 e. The zero-order valence-electron chi connectivity index (χ0n) is 15.0. The Morgan fingerprint density at radius 1 is 1.12 bits per heavy atom. The van der Waals surface area contributed by atoms with Gasteiger partial charge in [0.05, 0.1) is 13.7 Å². The number of esters is 1. The van der Waals surface area contributed by atoms with Crippen LogP contribution >= 0.6 is 0 Å². The first kappa shape index (κ1) is 17.9. The van der Waals surface area contributed by atoms with Gasteiger partial charge in [-0.1, -0.05) is 42.5 Å². The first-order valence-electron chi connectivity index (χ1n) is 8.74. The van der Waals surface area contributed by atoms with Gasteiger partial charge in [-0.05, 0) is 48.3 Å². The van der Waals surface area contributed by atoms with Crippen molar-refractivity contribution < 1.29 is 19.1 Å². The summed E-state index contributed by atoms with van der Waals surface area (Å²) in [5, 5.41) is 0. The molecule has 0 saturated carbocycles. The van der Waals surface area contributed by atoms with Gasteiger partial charge < -0.3 is 9.47 Å². The zero-order valence-corrected chi connectivity index (χ0v) is 15.0. The van der Waals surface area contributed by atoms with E-state index in [4.69, 9.17) is 9.47 Å². The third-order valence-corrected chi connectivity index (χ3v) is 4.67. The number of ether oxygens (including phenoxy) is 2. The van der Waals surface area contributed by atoms with Gasteiger partial charge in [-0.15, -0.1) is 0 Å². The van der Waals surface area contributed by atoms with E-state index in [2.05, 4.69) is 0 Å². The molecule has 0 heterocycles.